The summed E-state index contributed by atoms with van der Waals surface area (Å²) in [6, 6.07) is 8.42. The highest BCUT2D eigenvalue weighted by molar-refractivity contribution is 7.89. The number of aromatic nitrogens is 2. The van der Waals surface area contributed by atoms with Gasteiger partial charge in [0.1, 0.15) is 5.82 Å². The summed E-state index contributed by atoms with van der Waals surface area (Å²) in [5, 5.41) is 11.5. The van der Waals surface area contributed by atoms with Crippen molar-refractivity contribution in [2.24, 2.45) is 5.14 Å². The standard InChI is InChI=1S/C17H25N5O3S/c1-13-12-16(19-9-3-11-25-2)22-17(21-13)20-10-8-14-4-6-15(7-5-14)26(18,23)24/h4-7,12H,3,8-11H2,1-2H3,(H2,18,23,24)(H2,19,20,21,22). The molecule has 1 heterocycles. The number of rotatable bonds is 10. The topological polar surface area (TPSA) is 119 Å². The Morgan fingerprint density at radius 3 is 2.50 bits per heavy atom. The maximum atomic E-state index is 11.3. The lowest BCUT2D eigenvalue weighted by atomic mass is 10.1. The first-order valence-electron chi connectivity index (χ1n) is 8.32. The normalized spacial score (nSPS) is 11.3. The Balaban J connectivity index is 1.87. The fraction of sp³-hybridized carbons (Fsp3) is 0.412. The minimum atomic E-state index is -3.65. The van der Waals surface area contributed by atoms with Gasteiger partial charge in [0.2, 0.25) is 16.0 Å². The molecule has 1 aromatic carbocycles. The molecule has 9 heteroatoms. The lowest BCUT2D eigenvalue weighted by Crippen LogP contribution is -2.13. The molecule has 0 atom stereocenters. The largest absolute Gasteiger partial charge is 0.385 e. The Morgan fingerprint density at radius 2 is 1.85 bits per heavy atom. The summed E-state index contributed by atoms with van der Waals surface area (Å²) in [5.41, 5.74) is 1.87. The number of hydrogen-bond acceptors (Lipinski definition) is 7. The van der Waals surface area contributed by atoms with E-state index in [1.807, 2.05) is 13.0 Å². The van der Waals surface area contributed by atoms with Crippen molar-refractivity contribution in [2.45, 2.75) is 24.7 Å². The highest BCUT2D eigenvalue weighted by Gasteiger charge is 2.07. The van der Waals surface area contributed by atoms with Gasteiger partial charge in [0.25, 0.3) is 0 Å². The maximum absolute atomic E-state index is 11.3. The zero-order chi connectivity index (χ0) is 19.0. The van der Waals surface area contributed by atoms with Crippen LogP contribution in [-0.2, 0) is 21.2 Å². The molecule has 2 aromatic rings. The van der Waals surface area contributed by atoms with Gasteiger partial charge < -0.3 is 15.4 Å². The zero-order valence-corrected chi connectivity index (χ0v) is 15.8. The average molecular weight is 379 g/mol. The van der Waals surface area contributed by atoms with Crippen LogP contribution in [0.25, 0.3) is 0 Å². The zero-order valence-electron chi connectivity index (χ0n) is 15.0. The third-order valence-corrected chi connectivity index (χ3v) is 4.56. The number of nitrogens with two attached hydrogens (primary N) is 1. The van der Waals surface area contributed by atoms with E-state index in [-0.39, 0.29) is 4.90 Å². The summed E-state index contributed by atoms with van der Waals surface area (Å²) in [5.74, 6) is 1.33. The molecule has 0 fully saturated rings. The summed E-state index contributed by atoms with van der Waals surface area (Å²) in [7, 11) is -1.97. The number of benzene rings is 1. The minimum Gasteiger partial charge on any atom is -0.385 e. The molecule has 0 aliphatic rings. The first-order valence-corrected chi connectivity index (χ1v) is 9.87. The third-order valence-electron chi connectivity index (χ3n) is 3.63. The molecule has 1 aromatic heterocycles. The van der Waals surface area contributed by atoms with E-state index in [2.05, 4.69) is 20.6 Å². The van der Waals surface area contributed by atoms with Crippen molar-refractivity contribution in [2.75, 3.05) is 37.4 Å². The number of nitrogens with one attached hydrogen (secondary N) is 2. The number of aryl methyl sites for hydroxylation is 1. The van der Waals surface area contributed by atoms with Gasteiger partial charge in [0, 0.05) is 38.6 Å². The van der Waals surface area contributed by atoms with E-state index < -0.39 is 10.0 Å². The molecule has 0 aliphatic carbocycles. The van der Waals surface area contributed by atoms with Crippen LogP contribution in [0.5, 0.6) is 0 Å². The van der Waals surface area contributed by atoms with E-state index in [0.29, 0.717) is 25.5 Å². The quantitative estimate of drug-likeness (QED) is 0.536. The van der Waals surface area contributed by atoms with Crippen molar-refractivity contribution < 1.29 is 13.2 Å². The van der Waals surface area contributed by atoms with Gasteiger partial charge in [-0.3, -0.25) is 0 Å². The van der Waals surface area contributed by atoms with Crippen molar-refractivity contribution in [1.82, 2.24) is 9.97 Å². The van der Waals surface area contributed by atoms with E-state index in [1.54, 1.807) is 19.2 Å². The van der Waals surface area contributed by atoms with Gasteiger partial charge in [0.15, 0.2) is 0 Å². The number of primary sulfonamides is 1. The van der Waals surface area contributed by atoms with Crippen molar-refractivity contribution in [1.29, 1.82) is 0 Å². The van der Waals surface area contributed by atoms with E-state index in [4.69, 9.17) is 9.88 Å². The van der Waals surface area contributed by atoms with E-state index >= 15 is 0 Å². The Kier molecular flexibility index (Phi) is 7.31. The Morgan fingerprint density at radius 1 is 1.12 bits per heavy atom. The van der Waals surface area contributed by atoms with E-state index in [0.717, 1.165) is 30.0 Å². The van der Waals surface area contributed by atoms with Crippen LogP contribution in [0.4, 0.5) is 11.8 Å². The highest BCUT2D eigenvalue weighted by atomic mass is 32.2. The molecule has 0 unspecified atom stereocenters. The monoisotopic (exact) mass is 379 g/mol. The second-order valence-electron chi connectivity index (χ2n) is 5.86. The molecular formula is C17H25N5O3S. The Hall–Kier alpha value is -2.23. The van der Waals surface area contributed by atoms with Crippen molar-refractivity contribution in [3.8, 4) is 0 Å². The van der Waals surface area contributed by atoms with Gasteiger partial charge >= 0.3 is 0 Å². The number of ether oxygens (including phenoxy) is 1. The van der Waals surface area contributed by atoms with Gasteiger partial charge in [-0.1, -0.05) is 12.1 Å². The fourth-order valence-corrected chi connectivity index (χ4v) is 2.85. The van der Waals surface area contributed by atoms with E-state index in [9.17, 15) is 8.42 Å². The van der Waals surface area contributed by atoms with Crippen LogP contribution in [0, 0.1) is 6.92 Å². The lowest BCUT2D eigenvalue weighted by Gasteiger charge is -2.10. The number of nitrogens with zero attached hydrogens (tertiary/aromatic N) is 2. The Labute approximate surface area is 154 Å². The molecule has 4 N–H and O–H groups in total. The predicted octanol–water partition coefficient (Wildman–Crippen LogP) is 1.54. The first kappa shape index (κ1) is 20.1. The Bertz CT molecular complexity index is 810. The molecule has 0 saturated carbocycles. The van der Waals surface area contributed by atoms with Crippen LogP contribution in [-0.4, -0.2) is 45.2 Å². The van der Waals surface area contributed by atoms with Gasteiger partial charge in [-0.15, -0.1) is 0 Å². The summed E-state index contributed by atoms with van der Waals surface area (Å²) in [4.78, 5) is 8.92. The van der Waals surface area contributed by atoms with E-state index in [1.165, 1.54) is 12.1 Å². The van der Waals surface area contributed by atoms with Gasteiger partial charge in [-0.25, -0.2) is 18.5 Å². The first-order chi connectivity index (χ1) is 12.4. The van der Waals surface area contributed by atoms with Crippen LogP contribution in [0.3, 0.4) is 0 Å². The molecule has 0 bridgehead atoms. The van der Waals surface area contributed by atoms with Crippen molar-refractivity contribution >= 4 is 21.8 Å². The summed E-state index contributed by atoms with van der Waals surface area (Å²) < 4.78 is 27.5. The SMILES string of the molecule is COCCCNc1cc(C)nc(NCCc2ccc(S(N)(=O)=O)cc2)n1. The molecule has 0 spiro atoms. The van der Waals surface area contributed by atoms with Crippen LogP contribution in [0.15, 0.2) is 35.2 Å². The van der Waals surface area contributed by atoms with Crippen LogP contribution in [0.2, 0.25) is 0 Å². The van der Waals surface area contributed by atoms with Gasteiger partial charge in [-0.2, -0.15) is 4.98 Å². The third kappa shape index (κ3) is 6.58. The summed E-state index contributed by atoms with van der Waals surface area (Å²) >= 11 is 0. The number of anilines is 2. The molecule has 0 saturated heterocycles. The molecule has 0 amide bonds. The molecule has 8 nitrogen and oxygen atoms in total. The van der Waals surface area contributed by atoms with Gasteiger partial charge in [0.05, 0.1) is 4.90 Å². The molecule has 26 heavy (non-hydrogen) atoms. The molecule has 0 radical (unpaired) electrons. The highest BCUT2D eigenvalue weighted by Crippen LogP contribution is 2.11. The van der Waals surface area contributed by atoms with Crippen molar-refractivity contribution in [3.05, 3.63) is 41.6 Å². The predicted molar refractivity (Wildman–Crippen MR) is 102 cm³/mol. The van der Waals surface area contributed by atoms with Crippen LogP contribution < -0.4 is 15.8 Å². The molecular weight excluding hydrogens is 354 g/mol. The van der Waals surface area contributed by atoms with Crippen molar-refractivity contribution in [3.63, 3.8) is 0 Å². The van der Waals surface area contributed by atoms with Crippen LogP contribution >= 0.6 is 0 Å². The second kappa shape index (κ2) is 9.46. The number of sulfonamides is 1. The molecule has 0 aliphatic heterocycles. The summed E-state index contributed by atoms with van der Waals surface area (Å²) in [6.45, 7) is 4.02. The maximum Gasteiger partial charge on any atom is 0.238 e. The minimum absolute atomic E-state index is 0.111. The molecule has 2 rings (SSSR count). The second-order valence-corrected chi connectivity index (χ2v) is 7.42. The number of hydrogen-bond donors (Lipinski definition) is 3. The average Bonchev–Trinajstić information content (AvgIpc) is 2.58. The van der Waals surface area contributed by atoms with Crippen LogP contribution in [0.1, 0.15) is 17.7 Å². The lowest BCUT2D eigenvalue weighted by molar-refractivity contribution is 0.198. The fourth-order valence-electron chi connectivity index (χ4n) is 2.34. The summed E-state index contributed by atoms with van der Waals surface area (Å²) in [6.07, 6.45) is 1.61. The number of methoxy groups -OCH3 is 1. The smallest absolute Gasteiger partial charge is 0.238 e. The molecule has 142 valence electrons. The van der Waals surface area contributed by atoms with Gasteiger partial charge in [-0.05, 0) is 37.5 Å².